The second-order valence-corrected chi connectivity index (χ2v) is 13.0. The lowest BCUT2D eigenvalue weighted by molar-refractivity contribution is -0.163. The van der Waals surface area contributed by atoms with Crippen LogP contribution in [0.15, 0.2) is 0 Å². The predicted octanol–water partition coefficient (Wildman–Crippen LogP) is 3.84. The minimum atomic E-state index is -1.02. The Labute approximate surface area is 189 Å². The number of carbonyl (C=O) groups excluding carboxylic acids is 1. The van der Waals surface area contributed by atoms with E-state index in [0.29, 0.717) is 6.54 Å². The largest absolute Gasteiger partial charge is 0.481 e. The molecule has 3 heterocycles. The van der Waals surface area contributed by atoms with Gasteiger partial charge in [-0.05, 0) is 101 Å². The summed E-state index contributed by atoms with van der Waals surface area (Å²) < 4.78 is 0. The third-order valence-electron chi connectivity index (χ3n) is 9.73. The fraction of sp³-hybridized carbons (Fsp3) is 0.920. The first-order chi connectivity index (χ1) is 13.9. The van der Waals surface area contributed by atoms with Crippen molar-refractivity contribution in [1.29, 1.82) is 0 Å². The molecular formula is C25H45N3O3. The van der Waals surface area contributed by atoms with Gasteiger partial charge in [0.2, 0.25) is 5.91 Å². The highest BCUT2D eigenvalue weighted by molar-refractivity contribution is 5.89. The van der Waals surface area contributed by atoms with Gasteiger partial charge in [0.25, 0.3) is 0 Å². The fourth-order valence-corrected chi connectivity index (χ4v) is 7.20. The molecule has 1 N–H and O–H groups in total. The number of hydrogen-bond donors (Lipinski definition) is 1. The molecule has 0 aromatic rings. The van der Waals surface area contributed by atoms with Crippen LogP contribution in [-0.4, -0.2) is 80.5 Å². The first kappa shape index (κ1) is 24.5. The van der Waals surface area contributed by atoms with Gasteiger partial charge in [0.1, 0.15) is 0 Å². The van der Waals surface area contributed by atoms with Crippen LogP contribution in [0.1, 0.15) is 87.5 Å². The Kier molecular flexibility index (Phi) is 5.67. The second-order valence-electron chi connectivity index (χ2n) is 13.0. The van der Waals surface area contributed by atoms with Crippen molar-refractivity contribution < 1.29 is 14.7 Å². The summed E-state index contributed by atoms with van der Waals surface area (Å²) in [5, 5.41) is 10.5. The van der Waals surface area contributed by atoms with Gasteiger partial charge < -0.3 is 10.0 Å². The van der Waals surface area contributed by atoms with Crippen LogP contribution in [-0.2, 0) is 9.59 Å². The molecule has 6 heteroatoms. The maximum absolute atomic E-state index is 13.4. The monoisotopic (exact) mass is 435 g/mol. The number of hydrogen-bond acceptors (Lipinski definition) is 4. The summed E-state index contributed by atoms with van der Waals surface area (Å²) in [4.78, 5) is 32.9. The van der Waals surface area contributed by atoms with Gasteiger partial charge in [-0.1, -0.05) is 0 Å². The van der Waals surface area contributed by atoms with E-state index >= 15 is 0 Å². The van der Waals surface area contributed by atoms with Crippen LogP contribution >= 0.6 is 0 Å². The number of rotatable bonds is 3. The number of carbonyl (C=O) groups is 2. The molecule has 2 atom stereocenters. The number of carboxylic acids is 1. The quantitative estimate of drug-likeness (QED) is 0.730. The molecule has 3 aliphatic rings. The van der Waals surface area contributed by atoms with Gasteiger partial charge in [-0.3, -0.25) is 19.4 Å². The SMILES string of the molecule is CN1C(C)(C)CC(N2CC(C(=O)O)(C3CCC(C)(C)N(C)C3(C)C)CC2=O)CC1(C)C. The lowest BCUT2D eigenvalue weighted by atomic mass is 9.60. The molecule has 3 saturated heterocycles. The van der Waals surface area contributed by atoms with E-state index in [-0.39, 0.29) is 46.4 Å². The molecule has 0 radical (unpaired) electrons. The van der Waals surface area contributed by atoms with Crippen molar-refractivity contribution >= 4 is 11.9 Å². The molecule has 31 heavy (non-hydrogen) atoms. The van der Waals surface area contributed by atoms with Crippen LogP contribution < -0.4 is 0 Å². The minimum Gasteiger partial charge on any atom is -0.481 e. The summed E-state index contributed by atoms with van der Waals surface area (Å²) in [7, 11) is 4.27. The zero-order chi connectivity index (χ0) is 23.8. The Morgan fingerprint density at radius 3 is 1.90 bits per heavy atom. The Morgan fingerprint density at radius 1 is 0.903 bits per heavy atom. The van der Waals surface area contributed by atoms with Gasteiger partial charge in [-0.2, -0.15) is 0 Å². The number of carboxylic acid groups (broad SMARTS) is 1. The summed E-state index contributed by atoms with van der Waals surface area (Å²) in [6.45, 7) is 18.0. The molecule has 0 bridgehead atoms. The maximum atomic E-state index is 13.4. The van der Waals surface area contributed by atoms with Crippen LogP contribution in [0.2, 0.25) is 0 Å². The lowest BCUT2D eigenvalue weighted by Gasteiger charge is -2.58. The number of likely N-dealkylation sites (tertiary alicyclic amines) is 3. The van der Waals surface area contributed by atoms with Gasteiger partial charge in [-0.25, -0.2) is 0 Å². The van der Waals surface area contributed by atoms with Crippen LogP contribution in [0.25, 0.3) is 0 Å². The van der Waals surface area contributed by atoms with E-state index in [0.717, 1.165) is 25.7 Å². The Morgan fingerprint density at radius 2 is 1.42 bits per heavy atom. The summed E-state index contributed by atoms with van der Waals surface area (Å²) in [5.41, 5.74) is -1.40. The second kappa shape index (κ2) is 7.18. The minimum absolute atomic E-state index is 0.0179. The molecule has 1 amide bonds. The summed E-state index contributed by atoms with van der Waals surface area (Å²) in [5.74, 6) is -0.857. The molecule has 3 rings (SSSR count). The third kappa shape index (κ3) is 3.72. The summed E-state index contributed by atoms with van der Waals surface area (Å²) in [6, 6.07) is 0.0794. The molecule has 0 saturated carbocycles. The summed E-state index contributed by atoms with van der Waals surface area (Å²) >= 11 is 0. The van der Waals surface area contributed by atoms with Crippen LogP contribution in [0.3, 0.4) is 0 Å². The van der Waals surface area contributed by atoms with Crippen molar-refractivity contribution in [3.8, 4) is 0 Å². The Bertz CT molecular complexity index is 739. The Hall–Kier alpha value is -1.14. The van der Waals surface area contributed by atoms with E-state index in [1.54, 1.807) is 0 Å². The first-order valence-electron chi connectivity index (χ1n) is 11.9. The maximum Gasteiger partial charge on any atom is 0.312 e. The van der Waals surface area contributed by atoms with Gasteiger partial charge in [0.15, 0.2) is 0 Å². The van der Waals surface area contributed by atoms with Crippen molar-refractivity contribution in [2.24, 2.45) is 11.3 Å². The molecule has 0 spiro atoms. The molecular weight excluding hydrogens is 390 g/mol. The van der Waals surface area contributed by atoms with Crippen molar-refractivity contribution in [2.45, 2.75) is 116 Å². The van der Waals surface area contributed by atoms with Gasteiger partial charge in [0.05, 0.1) is 5.41 Å². The molecule has 0 aromatic carbocycles. The molecule has 178 valence electrons. The van der Waals surface area contributed by atoms with Crippen LogP contribution in [0, 0.1) is 11.3 Å². The molecule has 3 fully saturated rings. The number of aliphatic carboxylic acids is 1. The molecule has 0 aromatic heterocycles. The van der Waals surface area contributed by atoms with Crippen molar-refractivity contribution in [1.82, 2.24) is 14.7 Å². The topological polar surface area (TPSA) is 64.1 Å². The molecule has 6 nitrogen and oxygen atoms in total. The van der Waals surface area contributed by atoms with Crippen molar-refractivity contribution in [3.63, 3.8) is 0 Å². The van der Waals surface area contributed by atoms with E-state index in [4.69, 9.17) is 0 Å². The molecule has 3 aliphatic heterocycles. The summed E-state index contributed by atoms with van der Waals surface area (Å²) in [6.07, 6.45) is 3.64. The highest BCUT2D eigenvalue weighted by atomic mass is 16.4. The first-order valence-corrected chi connectivity index (χ1v) is 11.9. The smallest absolute Gasteiger partial charge is 0.312 e. The van der Waals surface area contributed by atoms with E-state index < -0.39 is 11.4 Å². The predicted molar refractivity (Wildman–Crippen MR) is 124 cm³/mol. The average Bonchev–Trinajstić information content (AvgIpc) is 2.95. The van der Waals surface area contributed by atoms with Crippen molar-refractivity contribution in [2.75, 3.05) is 20.6 Å². The Balaban J connectivity index is 1.95. The number of amides is 1. The van der Waals surface area contributed by atoms with E-state index in [1.807, 2.05) is 4.90 Å². The van der Waals surface area contributed by atoms with Crippen molar-refractivity contribution in [3.05, 3.63) is 0 Å². The molecule has 2 unspecified atom stereocenters. The van der Waals surface area contributed by atoms with Crippen LogP contribution in [0.5, 0.6) is 0 Å². The standard InChI is InChI=1S/C25H45N3O3/c1-21(2)12-11-18(24(7,8)27(21)10)25(20(30)31)15-19(29)28(16-25)17-13-22(3,4)26(9)23(5,6)14-17/h17-18H,11-16H2,1-10H3,(H,30,31). The fourth-order valence-electron chi connectivity index (χ4n) is 7.20. The average molecular weight is 436 g/mol. The number of nitrogens with zero attached hydrogens (tertiary/aromatic N) is 3. The van der Waals surface area contributed by atoms with E-state index in [2.05, 4.69) is 79.3 Å². The normalized spacial score (nSPS) is 36.0. The highest BCUT2D eigenvalue weighted by Crippen LogP contribution is 2.54. The zero-order valence-corrected chi connectivity index (χ0v) is 21.5. The van der Waals surface area contributed by atoms with E-state index in [9.17, 15) is 14.7 Å². The van der Waals surface area contributed by atoms with E-state index in [1.165, 1.54) is 0 Å². The lowest BCUT2D eigenvalue weighted by Crippen LogP contribution is -2.66. The van der Waals surface area contributed by atoms with Gasteiger partial charge >= 0.3 is 5.97 Å². The zero-order valence-electron chi connectivity index (χ0n) is 21.5. The van der Waals surface area contributed by atoms with Gasteiger partial charge in [-0.15, -0.1) is 0 Å². The van der Waals surface area contributed by atoms with Gasteiger partial charge in [0, 0.05) is 41.2 Å². The molecule has 0 aliphatic carbocycles. The highest BCUT2D eigenvalue weighted by Gasteiger charge is 2.62. The third-order valence-corrected chi connectivity index (χ3v) is 9.73. The van der Waals surface area contributed by atoms with Crippen LogP contribution in [0.4, 0.5) is 0 Å². The number of piperidine rings is 2.